The molecule has 1 amide bonds. The van der Waals surface area contributed by atoms with Crippen LogP contribution in [0, 0.1) is 6.92 Å². The zero-order valence-corrected chi connectivity index (χ0v) is 18.9. The predicted molar refractivity (Wildman–Crippen MR) is 124 cm³/mol. The Kier molecular flexibility index (Phi) is 6.18. The number of carbonyl (C=O) groups is 1. The monoisotopic (exact) mass is 487 g/mol. The molecule has 29 heavy (non-hydrogen) atoms. The number of amides is 1. The van der Waals surface area contributed by atoms with Gasteiger partial charge in [-0.05, 0) is 55.0 Å². The van der Waals surface area contributed by atoms with E-state index in [1.54, 1.807) is 23.9 Å². The lowest BCUT2D eigenvalue weighted by atomic mass is 10.1. The zero-order chi connectivity index (χ0) is 20.4. The average Bonchev–Trinajstić information content (AvgIpc) is 3.10. The highest BCUT2D eigenvalue weighted by atomic mass is 79.9. The number of benzene rings is 3. The average molecular weight is 489 g/mol. The van der Waals surface area contributed by atoms with Crippen molar-refractivity contribution in [1.29, 1.82) is 0 Å². The molecule has 1 atom stereocenters. The maximum atomic E-state index is 12.7. The fourth-order valence-corrected chi connectivity index (χ4v) is 4.92. The molecule has 1 aliphatic heterocycles. The normalized spacial score (nSPS) is 16.3. The second-order valence-electron chi connectivity index (χ2n) is 6.86. The van der Waals surface area contributed by atoms with Gasteiger partial charge in [-0.15, -0.1) is 11.8 Å². The number of anilines is 1. The molecule has 0 saturated carbocycles. The van der Waals surface area contributed by atoms with Crippen molar-refractivity contribution in [3.8, 4) is 5.75 Å². The van der Waals surface area contributed by atoms with E-state index in [-0.39, 0.29) is 11.3 Å². The summed E-state index contributed by atoms with van der Waals surface area (Å²) in [6.07, 6.45) is 0. The highest BCUT2D eigenvalue weighted by Gasteiger charge is 2.35. The summed E-state index contributed by atoms with van der Waals surface area (Å²) < 4.78 is 7.13. The molecular formula is C23H19BrClNO2S. The van der Waals surface area contributed by atoms with Gasteiger partial charge in [-0.2, -0.15) is 0 Å². The molecule has 1 saturated heterocycles. The van der Waals surface area contributed by atoms with Gasteiger partial charge in [-0.3, -0.25) is 9.69 Å². The van der Waals surface area contributed by atoms with E-state index in [4.69, 9.17) is 16.3 Å². The molecule has 3 aromatic rings. The van der Waals surface area contributed by atoms with Crippen molar-refractivity contribution < 1.29 is 9.53 Å². The molecule has 0 spiro atoms. The molecular weight excluding hydrogens is 470 g/mol. The molecule has 3 nitrogen and oxygen atoms in total. The minimum absolute atomic E-state index is 0.0757. The van der Waals surface area contributed by atoms with Crippen LogP contribution in [0.4, 0.5) is 5.69 Å². The summed E-state index contributed by atoms with van der Waals surface area (Å²) >= 11 is 11.2. The topological polar surface area (TPSA) is 29.5 Å². The minimum Gasteiger partial charge on any atom is -0.489 e. The Morgan fingerprint density at radius 2 is 1.83 bits per heavy atom. The summed E-state index contributed by atoms with van der Waals surface area (Å²) in [5.41, 5.74) is 4.13. The van der Waals surface area contributed by atoms with Crippen LogP contribution in [0.2, 0.25) is 5.02 Å². The van der Waals surface area contributed by atoms with E-state index in [1.165, 1.54) is 5.56 Å². The summed E-state index contributed by atoms with van der Waals surface area (Å²) in [5, 5.41) is 0.489. The summed E-state index contributed by atoms with van der Waals surface area (Å²) in [6, 6.07) is 21.6. The Balaban J connectivity index is 1.64. The number of nitrogens with zero attached hydrogens (tertiary/aromatic N) is 1. The molecule has 0 aromatic heterocycles. The Morgan fingerprint density at radius 3 is 2.55 bits per heavy atom. The van der Waals surface area contributed by atoms with Crippen molar-refractivity contribution in [2.24, 2.45) is 0 Å². The highest BCUT2D eigenvalue weighted by Crippen LogP contribution is 2.45. The van der Waals surface area contributed by atoms with Crippen LogP contribution in [0.3, 0.4) is 0 Å². The SMILES string of the molecule is Cc1ccc(COc2ccc(Br)cc2[C@H]2SCC(=O)N2c2ccc(Cl)cc2)cc1. The van der Waals surface area contributed by atoms with Crippen LogP contribution in [0.25, 0.3) is 0 Å². The van der Waals surface area contributed by atoms with Gasteiger partial charge in [0.05, 0.1) is 5.75 Å². The number of hydrogen-bond acceptors (Lipinski definition) is 3. The molecule has 0 bridgehead atoms. The summed E-state index contributed by atoms with van der Waals surface area (Å²) in [7, 11) is 0. The molecule has 3 aromatic carbocycles. The van der Waals surface area contributed by atoms with E-state index in [0.29, 0.717) is 17.4 Å². The van der Waals surface area contributed by atoms with Crippen molar-refractivity contribution in [2.75, 3.05) is 10.7 Å². The third-order valence-corrected chi connectivity index (χ3v) is 6.66. The van der Waals surface area contributed by atoms with Crippen molar-refractivity contribution in [3.63, 3.8) is 0 Å². The first-order valence-electron chi connectivity index (χ1n) is 9.18. The smallest absolute Gasteiger partial charge is 0.238 e. The molecule has 0 unspecified atom stereocenters. The number of hydrogen-bond donors (Lipinski definition) is 0. The highest BCUT2D eigenvalue weighted by molar-refractivity contribution is 9.10. The lowest BCUT2D eigenvalue weighted by molar-refractivity contribution is -0.115. The number of carbonyl (C=O) groups excluding carboxylic acids is 1. The van der Waals surface area contributed by atoms with E-state index < -0.39 is 0 Å². The van der Waals surface area contributed by atoms with Crippen LogP contribution < -0.4 is 9.64 Å². The Morgan fingerprint density at radius 1 is 1.10 bits per heavy atom. The number of ether oxygens (including phenoxy) is 1. The van der Waals surface area contributed by atoms with Gasteiger partial charge in [-0.25, -0.2) is 0 Å². The largest absolute Gasteiger partial charge is 0.489 e. The summed E-state index contributed by atoms with van der Waals surface area (Å²) in [4.78, 5) is 14.5. The van der Waals surface area contributed by atoms with E-state index in [0.717, 1.165) is 27.0 Å². The number of thioether (sulfide) groups is 1. The van der Waals surface area contributed by atoms with Crippen molar-refractivity contribution >= 4 is 50.9 Å². The quantitative estimate of drug-likeness (QED) is 0.397. The van der Waals surface area contributed by atoms with E-state index in [1.807, 2.05) is 35.2 Å². The van der Waals surface area contributed by atoms with Crippen LogP contribution in [-0.4, -0.2) is 11.7 Å². The van der Waals surface area contributed by atoms with E-state index in [9.17, 15) is 4.79 Å². The van der Waals surface area contributed by atoms with Crippen LogP contribution in [0.5, 0.6) is 5.75 Å². The lowest BCUT2D eigenvalue weighted by Crippen LogP contribution is -2.28. The summed E-state index contributed by atoms with van der Waals surface area (Å²) in [6.45, 7) is 2.54. The zero-order valence-electron chi connectivity index (χ0n) is 15.8. The molecule has 4 rings (SSSR count). The fraction of sp³-hybridized carbons (Fsp3) is 0.174. The fourth-order valence-electron chi connectivity index (χ4n) is 3.22. The third-order valence-electron chi connectivity index (χ3n) is 4.73. The van der Waals surface area contributed by atoms with Gasteiger partial charge in [0.15, 0.2) is 0 Å². The van der Waals surface area contributed by atoms with Gasteiger partial charge in [0.25, 0.3) is 0 Å². The van der Waals surface area contributed by atoms with Gasteiger partial charge in [0.1, 0.15) is 17.7 Å². The first-order chi connectivity index (χ1) is 14.0. The standard InChI is InChI=1S/C23H19BrClNO2S/c1-15-2-4-16(5-3-15)13-28-21-11-6-17(24)12-20(21)23-26(22(27)14-29-23)19-9-7-18(25)8-10-19/h2-12,23H,13-14H2,1H3/t23-/m1/s1. The van der Waals surface area contributed by atoms with Crippen LogP contribution in [0.15, 0.2) is 71.2 Å². The summed E-state index contributed by atoms with van der Waals surface area (Å²) in [5.74, 6) is 1.28. The maximum Gasteiger partial charge on any atom is 0.238 e. The number of rotatable bonds is 5. The molecule has 1 heterocycles. The minimum atomic E-state index is -0.158. The molecule has 1 aliphatic rings. The van der Waals surface area contributed by atoms with Gasteiger partial charge < -0.3 is 4.74 Å². The molecule has 0 radical (unpaired) electrons. The Hall–Kier alpha value is -1.95. The van der Waals surface area contributed by atoms with Crippen molar-refractivity contribution in [1.82, 2.24) is 0 Å². The van der Waals surface area contributed by atoms with Gasteiger partial charge in [-0.1, -0.05) is 57.4 Å². The van der Waals surface area contributed by atoms with E-state index >= 15 is 0 Å². The first kappa shape index (κ1) is 20.3. The Bertz CT molecular complexity index is 1020. The van der Waals surface area contributed by atoms with Gasteiger partial charge in [0, 0.05) is 20.7 Å². The van der Waals surface area contributed by atoms with Crippen molar-refractivity contribution in [2.45, 2.75) is 18.9 Å². The van der Waals surface area contributed by atoms with Gasteiger partial charge >= 0.3 is 0 Å². The van der Waals surface area contributed by atoms with E-state index in [2.05, 4.69) is 47.1 Å². The molecule has 0 N–H and O–H groups in total. The third kappa shape index (κ3) is 4.63. The molecule has 6 heteroatoms. The maximum absolute atomic E-state index is 12.7. The van der Waals surface area contributed by atoms with Crippen LogP contribution in [0.1, 0.15) is 22.1 Å². The second kappa shape index (κ2) is 8.82. The lowest BCUT2D eigenvalue weighted by Gasteiger charge is -2.26. The molecule has 0 aliphatic carbocycles. The predicted octanol–water partition coefficient (Wildman–Crippen LogP) is 6.77. The first-order valence-corrected chi connectivity index (χ1v) is 11.4. The molecule has 148 valence electrons. The van der Waals surface area contributed by atoms with Crippen LogP contribution in [-0.2, 0) is 11.4 Å². The molecule has 1 fully saturated rings. The second-order valence-corrected chi connectivity index (χ2v) is 9.28. The Labute approximate surface area is 188 Å². The number of aryl methyl sites for hydroxylation is 1. The van der Waals surface area contributed by atoms with Crippen molar-refractivity contribution in [3.05, 3.63) is 92.9 Å². The number of halogens is 2. The van der Waals surface area contributed by atoms with Gasteiger partial charge in [0.2, 0.25) is 5.91 Å². The van der Waals surface area contributed by atoms with Crippen LogP contribution >= 0.6 is 39.3 Å².